The van der Waals surface area contributed by atoms with Crippen LogP contribution >= 0.6 is 0 Å². The van der Waals surface area contributed by atoms with E-state index in [0.717, 1.165) is 12.0 Å². The first-order valence-corrected chi connectivity index (χ1v) is 6.39. The van der Waals surface area contributed by atoms with E-state index in [-0.39, 0.29) is 5.91 Å². The largest absolute Gasteiger partial charge is 0.323 e. The predicted molar refractivity (Wildman–Crippen MR) is 73.4 cm³/mol. The lowest BCUT2D eigenvalue weighted by atomic mass is 9.89. The van der Waals surface area contributed by atoms with Crippen LogP contribution in [0, 0.1) is 11.3 Å². The van der Waals surface area contributed by atoms with Gasteiger partial charge in [-0.15, -0.1) is 0 Å². The van der Waals surface area contributed by atoms with Crippen molar-refractivity contribution in [2.75, 3.05) is 6.54 Å². The van der Waals surface area contributed by atoms with Crippen molar-refractivity contribution in [1.82, 2.24) is 4.90 Å². The molecule has 0 saturated heterocycles. The summed E-state index contributed by atoms with van der Waals surface area (Å²) in [5.74, 6) is -0.0367. The lowest BCUT2D eigenvalue weighted by Crippen LogP contribution is -2.38. The standard InChI is InChI=1S/C16H14N2O/c1-11(19)18-9-8-14-13-5-3-2-4-12(13)6-7-15(14)16(18)10-17/h2-7,16H,8-9H2,1H3. The Hall–Kier alpha value is -2.34. The SMILES string of the molecule is CC(=O)N1CCc2c(ccc3ccccc23)C1C#N. The maximum atomic E-state index is 11.6. The second-order valence-electron chi connectivity index (χ2n) is 4.85. The minimum absolute atomic E-state index is 0.0367. The highest BCUT2D eigenvalue weighted by atomic mass is 16.2. The summed E-state index contributed by atoms with van der Waals surface area (Å²) in [6.07, 6.45) is 0.814. The van der Waals surface area contributed by atoms with E-state index in [0.29, 0.717) is 6.54 Å². The molecule has 1 heterocycles. The number of carbonyl (C=O) groups is 1. The van der Waals surface area contributed by atoms with Crippen molar-refractivity contribution in [3.63, 3.8) is 0 Å². The molecule has 0 saturated carbocycles. The molecular formula is C16H14N2O. The quantitative estimate of drug-likeness (QED) is 0.721. The highest BCUT2D eigenvalue weighted by molar-refractivity contribution is 5.88. The Bertz CT molecular complexity index is 699. The third-order valence-electron chi connectivity index (χ3n) is 3.81. The van der Waals surface area contributed by atoms with E-state index >= 15 is 0 Å². The number of hydrogen-bond acceptors (Lipinski definition) is 2. The average Bonchev–Trinajstić information content (AvgIpc) is 2.45. The molecule has 2 aromatic carbocycles. The number of rotatable bonds is 0. The van der Waals surface area contributed by atoms with Crippen molar-refractivity contribution in [2.24, 2.45) is 0 Å². The molecule has 0 aliphatic carbocycles. The molecule has 3 rings (SSSR count). The smallest absolute Gasteiger partial charge is 0.220 e. The molecule has 0 fully saturated rings. The fraction of sp³-hybridized carbons (Fsp3) is 0.250. The van der Waals surface area contributed by atoms with E-state index in [4.69, 9.17) is 0 Å². The Morgan fingerprint density at radius 3 is 2.84 bits per heavy atom. The molecule has 1 aliphatic rings. The number of nitrogens with zero attached hydrogens (tertiary/aromatic N) is 2. The van der Waals surface area contributed by atoms with Crippen molar-refractivity contribution < 1.29 is 4.79 Å². The number of fused-ring (bicyclic) bond motifs is 3. The van der Waals surface area contributed by atoms with Crippen LogP contribution in [0.2, 0.25) is 0 Å². The van der Waals surface area contributed by atoms with Crippen LogP contribution in [-0.2, 0) is 11.2 Å². The van der Waals surface area contributed by atoms with Gasteiger partial charge in [0.2, 0.25) is 5.91 Å². The topological polar surface area (TPSA) is 44.1 Å². The van der Waals surface area contributed by atoms with Crippen LogP contribution in [0.5, 0.6) is 0 Å². The van der Waals surface area contributed by atoms with E-state index in [2.05, 4.69) is 18.2 Å². The van der Waals surface area contributed by atoms with Gasteiger partial charge in [0.1, 0.15) is 6.04 Å². The lowest BCUT2D eigenvalue weighted by Gasteiger charge is -2.33. The highest BCUT2D eigenvalue weighted by Gasteiger charge is 2.29. The van der Waals surface area contributed by atoms with Gasteiger partial charge in [0.25, 0.3) is 0 Å². The van der Waals surface area contributed by atoms with Gasteiger partial charge >= 0.3 is 0 Å². The molecule has 0 bridgehead atoms. The second-order valence-corrected chi connectivity index (χ2v) is 4.85. The summed E-state index contributed by atoms with van der Waals surface area (Å²) < 4.78 is 0. The molecule has 0 radical (unpaired) electrons. The minimum Gasteiger partial charge on any atom is -0.323 e. The fourth-order valence-electron chi connectivity index (χ4n) is 2.90. The minimum atomic E-state index is -0.453. The maximum absolute atomic E-state index is 11.6. The number of carbonyl (C=O) groups excluding carboxylic acids is 1. The molecule has 2 aromatic rings. The predicted octanol–water partition coefficient (Wildman–Crippen LogP) is 2.81. The van der Waals surface area contributed by atoms with Crippen molar-refractivity contribution in [3.8, 4) is 6.07 Å². The number of benzene rings is 2. The molecule has 1 aliphatic heterocycles. The van der Waals surface area contributed by atoms with Gasteiger partial charge < -0.3 is 4.90 Å². The van der Waals surface area contributed by atoms with E-state index in [1.54, 1.807) is 4.90 Å². The Kier molecular flexibility index (Phi) is 2.72. The first kappa shape index (κ1) is 11.7. The third-order valence-corrected chi connectivity index (χ3v) is 3.81. The van der Waals surface area contributed by atoms with Crippen molar-refractivity contribution >= 4 is 16.7 Å². The van der Waals surface area contributed by atoms with Crippen LogP contribution in [-0.4, -0.2) is 17.4 Å². The number of nitriles is 1. The van der Waals surface area contributed by atoms with Gasteiger partial charge in [0.15, 0.2) is 0 Å². The fourth-order valence-corrected chi connectivity index (χ4v) is 2.90. The molecule has 1 atom stereocenters. The van der Waals surface area contributed by atoms with E-state index < -0.39 is 6.04 Å². The van der Waals surface area contributed by atoms with Gasteiger partial charge in [-0.25, -0.2) is 0 Å². The van der Waals surface area contributed by atoms with Gasteiger partial charge in [-0.2, -0.15) is 5.26 Å². The van der Waals surface area contributed by atoms with Crippen LogP contribution < -0.4 is 0 Å². The van der Waals surface area contributed by atoms with E-state index in [1.807, 2.05) is 24.3 Å². The average molecular weight is 250 g/mol. The Morgan fingerprint density at radius 2 is 2.11 bits per heavy atom. The van der Waals surface area contributed by atoms with Gasteiger partial charge in [-0.05, 0) is 28.3 Å². The van der Waals surface area contributed by atoms with E-state index in [1.165, 1.54) is 23.3 Å². The van der Waals surface area contributed by atoms with Crippen molar-refractivity contribution in [2.45, 2.75) is 19.4 Å². The van der Waals surface area contributed by atoms with Gasteiger partial charge in [0.05, 0.1) is 6.07 Å². The molecule has 19 heavy (non-hydrogen) atoms. The first-order valence-electron chi connectivity index (χ1n) is 6.39. The van der Waals surface area contributed by atoms with Crippen LogP contribution in [0.3, 0.4) is 0 Å². The molecule has 1 unspecified atom stereocenters. The summed E-state index contributed by atoms with van der Waals surface area (Å²) in [5, 5.41) is 11.8. The Morgan fingerprint density at radius 1 is 1.32 bits per heavy atom. The van der Waals surface area contributed by atoms with Gasteiger partial charge in [0, 0.05) is 13.5 Å². The Balaban J connectivity index is 2.21. The highest BCUT2D eigenvalue weighted by Crippen LogP contribution is 2.34. The summed E-state index contributed by atoms with van der Waals surface area (Å²) in [6.45, 7) is 2.14. The summed E-state index contributed by atoms with van der Waals surface area (Å²) in [7, 11) is 0. The van der Waals surface area contributed by atoms with Crippen LogP contribution in [0.1, 0.15) is 24.1 Å². The lowest BCUT2D eigenvalue weighted by molar-refractivity contribution is -0.130. The van der Waals surface area contributed by atoms with Crippen molar-refractivity contribution in [3.05, 3.63) is 47.5 Å². The number of amides is 1. The summed E-state index contributed by atoms with van der Waals surface area (Å²) in [6, 6.07) is 14.0. The third kappa shape index (κ3) is 1.77. The molecule has 0 aromatic heterocycles. The second kappa shape index (κ2) is 4.40. The molecule has 0 spiro atoms. The van der Waals surface area contributed by atoms with Crippen LogP contribution in [0.25, 0.3) is 10.8 Å². The summed E-state index contributed by atoms with van der Waals surface area (Å²) in [5.41, 5.74) is 2.19. The van der Waals surface area contributed by atoms with Crippen LogP contribution in [0.15, 0.2) is 36.4 Å². The summed E-state index contributed by atoms with van der Waals surface area (Å²) in [4.78, 5) is 13.3. The Labute approximate surface area is 112 Å². The van der Waals surface area contributed by atoms with E-state index in [9.17, 15) is 10.1 Å². The zero-order valence-corrected chi connectivity index (χ0v) is 10.8. The molecular weight excluding hydrogens is 236 g/mol. The maximum Gasteiger partial charge on any atom is 0.220 e. The molecule has 0 N–H and O–H groups in total. The summed E-state index contributed by atoms with van der Waals surface area (Å²) >= 11 is 0. The normalized spacial score (nSPS) is 17.9. The van der Waals surface area contributed by atoms with Crippen LogP contribution in [0.4, 0.5) is 0 Å². The monoisotopic (exact) mass is 250 g/mol. The van der Waals surface area contributed by atoms with Crippen molar-refractivity contribution in [1.29, 1.82) is 5.26 Å². The molecule has 1 amide bonds. The van der Waals surface area contributed by atoms with Gasteiger partial charge in [-0.3, -0.25) is 4.79 Å². The number of hydrogen-bond donors (Lipinski definition) is 0. The molecule has 3 heteroatoms. The molecule has 94 valence electrons. The van der Waals surface area contributed by atoms with Gasteiger partial charge in [-0.1, -0.05) is 36.4 Å². The zero-order valence-electron chi connectivity index (χ0n) is 10.8. The molecule has 3 nitrogen and oxygen atoms in total. The first-order chi connectivity index (χ1) is 9.22. The zero-order chi connectivity index (χ0) is 13.4.